The molecule has 4 rings (SSSR count). The molecule has 2 heterocycles. The summed E-state index contributed by atoms with van der Waals surface area (Å²) in [6.45, 7) is -0.353. The van der Waals surface area contributed by atoms with Gasteiger partial charge in [-0.25, -0.2) is 19.6 Å². The van der Waals surface area contributed by atoms with E-state index in [1.54, 1.807) is 65.2 Å². The number of hydrogen-bond donors (Lipinski definition) is 0. The first-order chi connectivity index (χ1) is 16.5. The van der Waals surface area contributed by atoms with Gasteiger partial charge in [-0.3, -0.25) is 4.57 Å². The summed E-state index contributed by atoms with van der Waals surface area (Å²) in [6, 6.07) is 17.1. The van der Waals surface area contributed by atoms with Crippen LogP contribution in [0.4, 0.5) is 0 Å². The minimum absolute atomic E-state index is 0.0376. The van der Waals surface area contributed by atoms with Gasteiger partial charge in [-0.05, 0) is 35.9 Å². The lowest BCUT2D eigenvalue weighted by Crippen LogP contribution is -2.29. The van der Waals surface area contributed by atoms with Gasteiger partial charge in [0.25, 0.3) is 0 Å². The van der Waals surface area contributed by atoms with Gasteiger partial charge in [-0.15, -0.1) is 0 Å². The molecule has 0 unspecified atom stereocenters. The number of imidazole rings is 1. The first kappa shape index (κ1) is 23.6. The fourth-order valence-corrected chi connectivity index (χ4v) is 3.38. The molecule has 0 bridgehead atoms. The number of aromatic nitrogens is 4. The predicted molar refractivity (Wildman–Crippen MR) is 124 cm³/mol. The van der Waals surface area contributed by atoms with Crippen molar-refractivity contribution in [1.29, 1.82) is 0 Å². The van der Waals surface area contributed by atoms with E-state index in [0.717, 1.165) is 0 Å². The molecular weight excluding hydrogens is 483 g/mol. The van der Waals surface area contributed by atoms with Crippen molar-refractivity contribution in [1.82, 2.24) is 19.5 Å². The average molecular weight is 501 g/mol. The van der Waals surface area contributed by atoms with Crippen molar-refractivity contribution in [3.05, 3.63) is 88.6 Å². The molecule has 2 aromatic heterocycles. The smallest absolute Gasteiger partial charge is 0.338 e. The first-order valence-corrected chi connectivity index (χ1v) is 10.9. The standard InChI is InChI=1S/C23H18Cl2N4O5/c24-19-18-20(28-23(25)27-19)29(13-26-18)14-34-17(11-32-21(30)15-7-3-1-4-8-15)12-33-22(31)16-9-5-2-6-10-16/h1-10,13,17H,11-12,14H2. The van der Waals surface area contributed by atoms with Gasteiger partial charge in [0, 0.05) is 0 Å². The molecule has 0 N–H and O–H groups in total. The van der Waals surface area contributed by atoms with E-state index in [9.17, 15) is 9.59 Å². The fraction of sp³-hybridized carbons (Fsp3) is 0.174. The fourth-order valence-electron chi connectivity index (χ4n) is 2.96. The number of carbonyl (C=O) groups is 2. The summed E-state index contributed by atoms with van der Waals surface area (Å²) in [6.07, 6.45) is 0.690. The molecule has 9 nitrogen and oxygen atoms in total. The molecule has 0 saturated carbocycles. The summed E-state index contributed by atoms with van der Waals surface area (Å²) in [4.78, 5) is 36.8. The van der Waals surface area contributed by atoms with Crippen molar-refractivity contribution < 1.29 is 23.8 Å². The van der Waals surface area contributed by atoms with E-state index in [1.807, 2.05) is 0 Å². The van der Waals surface area contributed by atoms with Crippen molar-refractivity contribution in [3.8, 4) is 0 Å². The Morgan fingerprint density at radius 1 is 0.853 bits per heavy atom. The maximum Gasteiger partial charge on any atom is 0.338 e. The van der Waals surface area contributed by atoms with Gasteiger partial charge in [0.2, 0.25) is 5.28 Å². The molecule has 0 saturated heterocycles. The highest BCUT2D eigenvalue weighted by Gasteiger charge is 2.19. The molecule has 34 heavy (non-hydrogen) atoms. The molecule has 0 radical (unpaired) electrons. The molecular formula is C23H18Cl2N4O5. The van der Waals surface area contributed by atoms with Crippen molar-refractivity contribution >= 4 is 46.3 Å². The highest BCUT2D eigenvalue weighted by atomic mass is 35.5. The maximum atomic E-state index is 12.3. The number of nitrogens with zero attached hydrogens (tertiary/aromatic N) is 4. The number of benzene rings is 2. The van der Waals surface area contributed by atoms with Crippen LogP contribution in [0.3, 0.4) is 0 Å². The average Bonchev–Trinajstić information content (AvgIpc) is 3.27. The van der Waals surface area contributed by atoms with E-state index in [1.165, 1.54) is 6.33 Å². The Bertz CT molecular complexity index is 1230. The SMILES string of the molecule is O=C(OCC(COC(=O)c1ccccc1)OCn1cnc2c(Cl)nc(Cl)nc21)c1ccccc1. The van der Waals surface area contributed by atoms with Crippen molar-refractivity contribution in [3.63, 3.8) is 0 Å². The first-order valence-electron chi connectivity index (χ1n) is 10.1. The molecule has 0 aliphatic carbocycles. The summed E-state index contributed by atoms with van der Waals surface area (Å²) in [5.74, 6) is -1.05. The Morgan fingerprint density at radius 2 is 1.41 bits per heavy atom. The zero-order valence-corrected chi connectivity index (χ0v) is 19.1. The van der Waals surface area contributed by atoms with Gasteiger partial charge in [0.05, 0.1) is 17.5 Å². The minimum Gasteiger partial charge on any atom is -0.459 e. The predicted octanol–water partition coefficient (Wildman–Crippen LogP) is 4.19. The quantitative estimate of drug-likeness (QED) is 0.191. The van der Waals surface area contributed by atoms with E-state index >= 15 is 0 Å². The van der Waals surface area contributed by atoms with Crippen LogP contribution in [0.5, 0.6) is 0 Å². The molecule has 2 aromatic carbocycles. The van der Waals surface area contributed by atoms with E-state index in [-0.39, 0.29) is 30.4 Å². The van der Waals surface area contributed by atoms with Gasteiger partial charge in [0.15, 0.2) is 10.8 Å². The van der Waals surface area contributed by atoms with Crippen molar-refractivity contribution in [2.45, 2.75) is 12.8 Å². The molecule has 0 fully saturated rings. The number of carbonyl (C=O) groups excluding carboxylic acids is 2. The van der Waals surface area contributed by atoms with E-state index < -0.39 is 18.0 Å². The Labute approximate surface area is 204 Å². The van der Waals surface area contributed by atoms with Crippen LogP contribution in [0.2, 0.25) is 10.4 Å². The largest absolute Gasteiger partial charge is 0.459 e. The molecule has 0 spiro atoms. The molecule has 4 aromatic rings. The zero-order chi connectivity index (χ0) is 23.9. The summed E-state index contributed by atoms with van der Waals surface area (Å²) in [5, 5.41) is 0.0725. The van der Waals surface area contributed by atoms with Crippen LogP contribution in [0.1, 0.15) is 20.7 Å². The topological polar surface area (TPSA) is 105 Å². The normalized spacial score (nSPS) is 11.0. The summed E-state index contributed by atoms with van der Waals surface area (Å²) in [7, 11) is 0. The lowest BCUT2D eigenvalue weighted by Gasteiger charge is -2.18. The summed E-state index contributed by atoms with van der Waals surface area (Å²) >= 11 is 12.0. The lowest BCUT2D eigenvalue weighted by molar-refractivity contribution is -0.0616. The number of esters is 2. The van der Waals surface area contributed by atoms with Crippen molar-refractivity contribution in [2.24, 2.45) is 0 Å². The van der Waals surface area contributed by atoms with Gasteiger partial charge in [-0.1, -0.05) is 48.0 Å². The second kappa shape index (κ2) is 11.1. The van der Waals surface area contributed by atoms with Gasteiger partial charge >= 0.3 is 11.9 Å². The molecule has 0 aliphatic heterocycles. The summed E-state index contributed by atoms with van der Waals surface area (Å²) in [5.41, 5.74) is 1.51. The summed E-state index contributed by atoms with van der Waals surface area (Å²) < 4.78 is 18.2. The molecule has 174 valence electrons. The zero-order valence-electron chi connectivity index (χ0n) is 17.6. The third kappa shape index (κ3) is 5.88. The third-order valence-electron chi connectivity index (χ3n) is 4.66. The number of hydrogen-bond acceptors (Lipinski definition) is 8. The van der Waals surface area contributed by atoms with E-state index in [0.29, 0.717) is 22.3 Å². The number of halogens is 2. The van der Waals surface area contributed by atoms with Crippen LogP contribution in [0.25, 0.3) is 11.2 Å². The molecule has 0 aliphatic rings. The second-order valence-electron chi connectivity index (χ2n) is 7.02. The Hall–Kier alpha value is -3.53. The third-order valence-corrected chi connectivity index (χ3v) is 5.10. The second-order valence-corrected chi connectivity index (χ2v) is 7.71. The lowest BCUT2D eigenvalue weighted by atomic mass is 10.2. The molecule has 11 heteroatoms. The molecule has 0 amide bonds. The van der Waals surface area contributed by atoms with Crippen LogP contribution < -0.4 is 0 Å². The van der Waals surface area contributed by atoms with Crippen LogP contribution in [-0.4, -0.2) is 50.8 Å². The number of rotatable bonds is 9. The Balaban J connectivity index is 1.44. The van der Waals surface area contributed by atoms with E-state index in [4.69, 9.17) is 37.4 Å². The van der Waals surface area contributed by atoms with Gasteiger partial charge in [0.1, 0.15) is 31.6 Å². The highest BCUT2D eigenvalue weighted by molar-refractivity contribution is 6.35. The number of fused-ring (bicyclic) bond motifs is 1. The Morgan fingerprint density at radius 3 is 1.97 bits per heavy atom. The van der Waals surface area contributed by atoms with Crippen LogP contribution in [-0.2, 0) is 20.9 Å². The van der Waals surface area contributed by atoms with Crippen molar-refractivity contribution in [2.75, 3.05) is 13.2 Å². The monoisotopic (exact) mass is 500 g/mol. The van der Waals surface area contributed by atoms with Crippen LogP contribution in [0, 0.1) is 0 Å². The van der Waals surface area contributed by atoms with E-state index in [2.05, 4.69) is 15.0 Å². The highest BCUT2D eigenvalue weighted by Crippen LogP contribution is 2.20. The van der Waals surface area contributed by atoms with Gasteiger partial charge in [-0.2, -0.15) is 4.98 Å². The minimum atomic E-state index is -0.773. The number of ether oxygens (including phenoxy) is 3. The van der Waals surface area contributed by atoms with Crippen LogP contribution in [0.15, 0.2) is 67.0 Å². The van der Waals surface area contributed by atoms with Gasteiger partial charge < -0.3 is 14.2 Å². The maximum absolute atomic E-state index is 12.3. The molecule has 0 atom stereocenters. The Kier molecular flexibility index (Phi) is 7.69. The van der Waals surface area contributed by atoms with Crippen LogP contribution >= 0.6 is 23.2 Å².